The molecule has 108 valence electrons. The van der Waals surface area contributed by atoms with Gasteiger partial charge in [-0.05, 0) is 24.7 Å². The molecule has 1 amide bonds. The number of likely N-dealkylation sites (tertiary alicyclic amines) is 1. The normalized spacial score (nSPS) is 20.4. The van der Waals surface area contributed by atoms with E-state index in [-0.39, 0.29) is 11.2 Å². The number of carboxylic acids is 1. The molecule has 1 fully saturated rings. The summed E-state index contributed by atoms with van der Waals surface area (Å²) in [4.78, 5) is 25.4. The molecular formula is C15H19NO3S. The van der Waals surface area contributed by atoms with Gasteiger partial charge in [-0.2, -0.15) is 0 Å². The van der Waals surface area contributed by atoms with Crippen molar-refractivity contribution in [1.82, 2.24) is 4.90 Å². The van der Waals surface area contributed by atoms with Crippen LogP contribution < -0.4 is 0 Å². The van der Waals surface area contributed by atoms with E-state index in [1.807, 2.05) is 36.6 Å². The standard InChI is InChI=1S/C15H19NO3S/c1-20-13(11-6-3-2-4-7-11)14(17)16-9-5-8-12(10-16)15(18)19/h2-4,6-7,12-13H,5,8-10H2,1H3,(H,18,19). The summed E-state index contributed by atoms with van der Waals surface area (Å²) < 4.78 is 0. The van der Waals surface area contributed by atoms with Crippen LogP contribution in [-0.2, 0) is 9.59 Å². The summed E-state index contributed by atoms with van der Waals surface area (Å²) in [6, 6.07) is 9.65. The quantitative estimate of drug-likeness (QED) is 0.926. The second kappa shape index (κ2) is 6.79. The van der Waals surface area contributed by atoms with Crippen molar-refractivity contribution in [1.29, 1.82) is 0 Å². The van der Waals surface area contributed by atoms with Gasteiger partial charge in [-0.15, -0.1) is 11.8 Å². The Morgan fingerprint density at radius 3 is 2.65 bits per heavy atom. The predicted octanol–water partition coefficient (Wildman–Crippen LogP) is 2.41. The van der Waals surface area contributed by atoms with Gasteiger partial charge in [0.25, 0.3) is 0 Å². The Bertz CT molecular complexity index is 477. The summed E-state index contributed by atoms with van der Waals surface area (Å²) in [5, 5.41) is 8.86. The van der Waals surface area contributed by atoms with E-state index in [1.54, 1.807) is 4.90 Å². The second-order valence-electron chi connectivity index (χ2n) is 4.99. The zero-order valence-corrected chi connectivity index (χ0v) is 12.3. The number of hydrogen-bond donors (Lipinski definition) is 1. The van der Waals surface area contributed by atoms with E-state index in [9.17, 15) is 9.59 Å². The Hall–Kier alpha value is -1.49. The lowest BCUT2D eigenvalue weighted by Gasteiger charge is -2.33. The van der Waals surface area contributed by atoms with Crippen molar-refractivity contribution in [2.24, 2.45) is 5.92 Å². The molecule has 1 N–H and O–H groups in total. The molecule has 20 heavy (non-hydrogen) atoms. The number of nitrogens with zero attached hydrogens (tertiary/aromatic N) is 1. The number of carbonyl (C=O) groups is 2. The van der Waals surface area contributed by atoms with Crippen LogP contribution in [0.2, 0.25) is 0 Å². The van der Waals surface area contributed by atoms with Crippen molar-refractivity contribution < 1.29 is 14.7 Å². The van der Waals surface area contributed by atoms with Crippen molar-refractivity contribution in [2.45, 2.75) is 18.1 Å². The van der Waals surface area contributed by atoms with E-state index in [2.05, 4.69) is 0 Å². The number of benzene rings is 1. The molecule has 1 aliphatic rings. The molecule has 2 rings (SSSR count). The number of rotatable bonds is 4. The molecule has 0 bridgehead atoms. The monoisotopic (exact) mass is 293 g/mol. The molecule has 0 aliphatic carbocycles. The second-order valence-corrected chi connectivity index (χ2v) is 5.93. The zero-order valence-electron chi connectivity index (χ0n) is 11.5. The first kappa shape index (κ1) is 14.9. The predicted molar refractivity (Wildman–Crippen MR) is 79.6 cm³/mol. The summed E-state index contributed by atoms with van der Waals surface area (Å²) in [6.07, 6.45) is 3.33. The van der Waals surface area contributed by atoms with Gasteiger partial charge >= 0.3 is 5.97 Å². The Kier molecular flexibility index (Phi) is 5.06. The molecule has 4 nitrogen and oxygen atoms in total. The Morgan fingerprint density at radius 2 is 2.05 bits per heavy atom. The smallest absolute Gasteiger partial charge is 0.308 e. The molecule has 2 atom stereocenters. The van der Waals surface area contributed by atoms with Gasteiger partial charge in [-0.3, -0.25) is 9.59 Å². The molecule has 0 aromatic heterocycles. The lowest BCUT2D eigenvalue weighted by atomic mass is 9.97. The zero-order chi connectivity index (χ0) is 14.5. The van der Waals surface area contributed by atoms with Gasteiger partial charge in [0, 0.05) is 13.1 Å². The van der Waals surface area contributed by atoms with E-state index in [4.69, 9.17) is 5.11 Å². The Labute approximate surface area is 123 Å². The number of thioether (sulfide) groups is 1. The number of carboxylic acid groups (broad SMARTS) is 1. The summed E-state index contributed by atoms with van der Waals surface area (Å²) in [7, 11) is 0. The molecular weight excluding hydrogens is 274 g/mol. The molecule has 1 aromatic carbocycles. The third-order valence-corrected chi connectivity index (χ3v) is 4.59. The summed E-state index contributed by atoms with van der Waals surface area (Å²) >= 11 is 1.50. The van der Waals surface area contributed by atoms with E-state index >= 15 is 0 Å². The van der Waals surface area contributed by atoms with Crippen molar-refractivity contribution in [3.63, 3.8) is 0 Å². The highest BCUT2D eigenvalue weighted by Gasteiger charge is 2.31. The van der Waals surface area contributed by atoms with Crippen LogP contribution in [0.3, 0.4) is 0 Å². The Morgan fingerprint density at radius 1 is 1.35 bits per heavy atom. The van der Waals surface area contributed by atoms with Gasteiger partial charge < -0.3 is 10.0 Å². The molecule has 0 radical (unpaired) electrons. The number of amides is 1. The van der Waals surface area contributed by atoms with Crippen LogP contribution in [0, 0.1) is 5.92 Å². The molecule has 1 aliphatic heterocycles. The number of aliphatic carboxylic acids is 1. The molecule has 0 spiro atoms. The third-order valence-electron chi connectivity index (χ3n) is 3.64. The van der Waals surface area contributed by atoms with E-state index in [0.717, 1.165) is 12.0 Å². The topological polar surface area (TPSA) is 57.6 Å². The van der Waals surface area contributed by atoms with Crippen molar-refractivity contribution in [2.75, 3.05) is 19.3 Å². The number of hydrogen-bond acceptors (Lipinski definition) is 3. The van der Waals surface area contributed by atoms with Crippen molar-refractivity contribution >= 4 is 23.6 Å². The molecule has 5 heteroatoms. The summed E-state index contributed by atoms with van der Waals surface area (Å²) in [5.41, 5.74) is 0.974. The minimum atomic E-state index is -0.803. The van der Waals surface area contributed by atoms with Gasteiger partial charge in [-0.25, -0.2) is 0 Å². The van der Waals surface area contributed by atoms with Gasteiger partial charge in [0.1, 0.15) is 5.25 Å². The largest absolute Gasteiger partial charge is 0.481 e. The fraction of sp³-hybridized carbons (Fsp3) is 0.467. The van der Waals surface area contributed by atoms with Gasteiger partial charge in [0.2, 0.25) is 5.91 Å². The van der Waals surface area contributed by atoms with Gasteiger partial charge in [0.05, 0.1) is 5.92 Å². The highest BCUT2D eigenvalue weighted by Crippen LogP contribution is 2.30. The fourth-order valence-electron chi connectivity index (χ4n) is 2.55. The third kappa shape index (κ3) is 3.33. The minimum Gasteiger partial charge on any atom is -0.481 e. The first-order valence-corrected chi connectivity index (χ1v) is 8.01. The fourth-order valence-corrected chi connectivity index (χ4v) is 3.33. The van der Waals surface area contributed by atoms with E-state index < -0.39 is 11.9 Å². The van der Waals surface area contributed by atoms with Crippen molar-refractivity contribution in [3.05, 3.63) is 35.9 Å². The van der Waals surface area contributed by atoms with Crippen molar-refractivity contribution in [3.8, 4) is 0 Å². The van der Waals surface area contributed by atoms with Crippen LogP contribution >= 0.6 is 11.8 Å². The lowest BCUT2D eigenvalue weighted by molar-refractivity contribution is -0.145. The average Bonchev–Trinajstić information content (AvgIpc) is 2.49. The van der Waals surface area contributed by atoms with Crippen LogP contribution in [0.4, 0.5) is 0 Å². The maximum absolute atomic E-state index is 12.6. The summed E-state index contributed by atoms with van der Waals surface area (Å²) in [6.45, 7) is 0.991. The molecule has 1 aromatic rings. The lowest BCUT2D eigenvalue weighted by Crippen LogP contribution is -2.43. The maximum atomic E-state index is 12.6. The maximum Gasteiger partial charge on any atom is 0.308 e. The highest BCUT2D eigenvalue weighted by atomic mass is 32.2. The highest BCUT2D eigenvalue weighted by molar-refractivity contribution is 7.99. The Balaban J connectivity index is 2.11. The molecule has 1 saturated heterocycles. The molecule has 1 heterocycles. The number of carbonyl (C=O) groups excluding carboxylic acids is 1. The van der Waals surface area contributed by atoms with Crippen LogP contribution in [0.1, 0.15) is 23.7 Å². The van der Waals surface area contributed by atoms with Gasteiger partial charge in [-0.1, -0.05) is 30.3 Å². The first-order valence-electron chi connectivity index (χ1n) is 6.73. The number of piperidine rings is 1. The summed E-state index contributed by atoms with van der Waals surface area (Å²) in [5.74, 6) is -1.21. The minimum absolute atomic E-state index is 0.0228. The SMILES string of the molecule is CSC(C(=O)N1CCCC(C(=O)O)C1)c1ccccc1. The van der Waals surface area contributed by atoms with Gasteiger partial charge in [0.15, 0.2) is 0 Å². The van der Waals surface area contributed by atoms with E-state index in [1.165, 1.54) is 11.8 Å². The van der Waals surface area contributed by atoms with Crippen LogP contribution in [0.15, 0.2) is 30.3 Å². The first-order chi connectivity index (χ1) is 9.63. The van der Waals surface area contributed by atoms with Crippen LogP contribution in [0.25, 0.3) is 0 Å². The average molecular weight is 293 g/mol. The molecule has 0 saturated carbocycles. The van der Waals surface area contributed by atoms with Crippen LogP contribution in [0.5, 0.6) is 0 Å². The van der Waals surface area contributed by atoms with Crippen LogP contribution in [-0.4, -0.2) is 41.2 Å². The van der Waals surface area contributed by atoms with E-state index in [0.29, 0.717) is 19.5 Å². The molecule has 2 unspecified atom stereocenters.